The van der Waals surface area contributed by atoms with Crippen molar-refractivity contribution in [3.63, 3.8) is 0 Å². The van der Waals surface area contributed by atoms with E-state index in [9.17, 15) is 0 Å². The SMILES string of the molecule is [2H]c1ccc2c(c1)c1ccc(Oc3[c-]c(-n4nc(C)c(-c5ccccc5)c4C)ccc3)[c-]c1n2-c1cc(CC)ccn1.[Pt+2]. The number of aryl methyl sites for hydroxylation is 2. The summed E-state index contributed by atoms with van der Waals surface area (Å²) < 4.78 is 18.6. The first-order chi connectivity index (χ1) is 20.5. The molecule has 42 heavy (non-hydrogen) atoms. The minimum Gasteiger partial charge on any atom is -0.509 e. The van der Waals surface area contributed by atoms with E-state index in [0.717, 1.165) is 62.2 Å². The molecule has 5 nitrogen and oxygen atoms in total. The first kappa shape index (κ1) is 26.4. The van der Waals surface area contributed by atoms with Crippen molar-refractivity contribution in [3.05, 3.63) is 132 Å². The van der Waals surface area contributed by atoms with Crippen LogP contribution in [0.1, 0.15) is 25.2 Å². The summed E-state index contributed by atoms with van der Waals surface area (Å²) in [6, 6.07) is 37.2. The van der Waals surface area contributed by atoms with Crippen molar-refractivity contribution in [2.45, 2.75) is 27.2 Å². The summed E-state index contributed by atoms with van der Waals surface area (Å²) in [5.74, 6) is 1.95. The monoisotopic (exact) mass is 728 g/mol. The number of para-hydroxylation sites is 1. The van der Waals surface area contributed by atoms with Gasteiger partial charge < -0.3 is 9.30 Å². The second-order valence-corrected chi connectivity index (χ2v) is 10.1. The minimum absolute atomic E-state index is 0. The summed E-state index contributed by atoms with van der Waals surface area (Å²) in [6.45, 7) is 6.24. The van der Waals surface area contributed by atoms with E-state index in [4.69, 9.17) is 11.2 Å². The average molecular weight is 729 g/mol. The van der Waals surface area contributed by atoms with Crippen molar-refractivity contribution >= 4 is 21.8 Å². The smallest absolute Gasteiger partial charge is 0.509 e. The molecule has 0 fully saturated rings. The Bertz CT molecular complexity index is 2100. The summed E-state index contributed by atoms with van der Waals surface area (Å²) in [6.07, 6.45) is 2.75. The van der Waals surface area contributed by atoms with Crippen LogP contribution in [-0.2, 0) is 27.5 Å². The topological polar surface area (TPSA) is 44.9 Å². The molecular weight excluding hydrogens is 700 g/mol. The number of hydrogen-bond donors (Lipinski definition) is 0. The van der Waals surface area contributed by atoms with Crippen molar-refractivity contribution in [1.82, 2.24) is 19.3 Å². The van der Waals surface area contributed by atoms with Gasteiger partial charge in [-0.1, -0.05) is 60.9 Å². The van der Waals surface area contributed by atoms with Crippen molar-refractivity contribution in [2.24, 2.45) is 0 Å². The van der Waals surface area contributed by atoms with Gasteiger partial charge in [0.25, 0.3) is 0 Å². The third-order valence-electron chi connectivity index (χ3n) is 7.50. The van der Waals surface area contributed by atoms with Crippen LogP contribution < -0.4 is 4.74 Å². The number of pyridine rings is 1. The Morgan fingerprint density at radius 3 is 2.52 bits per heavy atom. The molecule has 4 aromatic carbocycles. The first-order valence-corrected chi connectivity index (χ1v) is 13.7. The van der Waals surface area contributed by atoms with E-state index < -0.39 is 0 Å². The molecule has 0 aliphatic rings. The van der Waals surface area contributed by atoms with Gasteiger partial charge in [-0.25, -0.2) is 4.98 Å². The average Bonchev–Trinajstić information content (AvgIpc) is 3.49. The number of nitrogens with zero attached hydrogens (tertiary/aromatic N) is 4. The minimum atomic E-state index is 0. The molecule has 0 radical (unpaired) electrons. The summed E-state index contributed by atoms with van der Waals surface area (Å²) in [5.41, 5.74) is 8.08. The van der Waals surface area contributed by atoms with Crippen LogP contribution in [0, 0.1) is 26.0 Å². The van der Waals surface area contributed by atoms with Crippen molar-refractivity contribution in [3.8, 4) is 34.1 Å². The molecule has 0 aliphatic carbocycles. The first-order valence-electron chi connectivity index (χ1n) is 14.2. The number of ether oxygens (including phenoxy) is 1. The fourth-order valence-corrected chi connectivity index (χ4v) is 5.55. The Kier molecular flexibility index (Phi) is 7.19. The van der Waals surface area contributed by atoms with E-state index in [1.54, 1.807) is 6.07 Å². The van der Waals surface area contributed by atoms with Crippen LogP contribution in [0.15, 0.2) is 103 Å². The fraction of sp³-hybridized carbons (Fsp3) is 0.111. The van der Waals surface area contributed by atoms with Crippen LogP contribution in [0.4, 0.5) is 0 Å². The normalized spacial score (nSPS) is 11.5. The molecule has 7 rings (SSSR count). The van der Waals surface area contributed by atoms with Crippen LogP contribution >= 0.6 is 0 Å². The van der Waals surface area contributed by atoms with E-state index in [1.807, 2.05) is 84.5 Å². The molecule has 7 aromatic rings. The molecule has 0 spiro atoms. The van der Waals surface area contributed by atoms with Gasteiger partial charge in [-0.3, -0.25) is 4.68 Å². The molecule has 0 amide bonds. The van der Waals surface area contributed by atoms with Crippen LogP contribution in [0.2, 0.25) is 0 Å². The maximum Gasteiger partial charge on any atom is 2.00 e. The summed E-state index contributed by atoms with van der Waals surface area (Å²) in [7, 11) is 0. The standard InChI is InChI=1S/C36H28N4O.Pt/c1-4-26-19-20-37-35(21-26)39-33-16-9-8-15-31(33)32-18-17-30(23-34(32)39)41-29-14-10-13-28(22-29)40-25(3)36(24(2)38-40)27-11-6-5-7-12-27;/h5-21H,4H2,1-3H3;/q-2;+2/i8D;. The Hall–Kier alpha value is -4.47. The summed E-state index contributed by atoms with van der Waals surface area (Å²) >= 11 is 0. The Balaban J connectivity index is 0.00000329. The second kappa shape index (κ2) is 11.4. The molecule has 0 bridgehead atoms. The molecule has 0 atom stereocenters. The third-order valence-corrected chi connectivity index (χ3v) is 7.50. The number of benzene rings is 4. The number of rotatable bonds is 6. The zero-order chi connectivity index (χ0) is 28.8. The maximum absolute atomic E-state index is 8.22. The van der Waals surface area contributed by atoms with Gasteiger partial charge >= 0.3 is 21.1 Å². The Morgan fingerprint density at radius 1 is 0.857 bits per heavy atom. The molecule has 3 heterocycles. The molecule has 0 aliphatic heterocycles. The van der Waals surface area contributed by atoms with Gasteiger partial charge in [0.2, 0.25) is 0 Å². The van der Waals surface area contributed by atoms with Crippen LogP contribution in [0.5, 0.6) is 11.5 Å². The van der Waals surface area contributed by atoms with E-state index in [2.05, 4.69) is 53.7 Å². The van der Waals surface area contributed by atoms with Crippen LogP contribution in [0.25, 0.3) is 44.4 Å². The van der Waals surface area contributed by atoms with Gasteiger partial charge in [-0.15, -0.1) is 35.7 Å². The Morgan fingerprint density at radius 2 is 1.69 bits per heavy atom. The van der Waals surface area contributed by atoms with Gasteiger partial charge in [-0.2, -0.15) is 17.2 Å². The third kappa shape index (κ3) is 4.84. The molecular formula is C36H28N4OPt. The zero-order valence-corrected chi connectivity index (χ0v) is 25.7. The molecule has 3 aromatic heterocycles. The quantitative estimate of drug-likeness (QED) is 0.161. The largest absolute Gasteiger partial charge is 2.00 e. The Labute approximate surface area is 261 Å². The van der Waals surface area contributed by atoms with Gasteiger partial charge in [0, 0.05) is 34.5 Å². The van der Waals surface area contributed by atoms with Gasteiger partial charge in [-0.05, 0) is 60.7 Å². The molecule has 0 N–H and O–H groups in total. The molecule has 0 saturated heterocycles. The summed E-state index contributed by atoms with van der Waals surface area (Å²) in [5, 5.41) is 6.81. The molecule has 0 saturated carbocycles. The molecule has 6 heteroatoms. The molecule has 208 valence electrons. The number of fused-ring (bicyclic) bond motifs is 3. The van der Waals surface area contributed by atoms with Crippen LogP contribution in [-0.4, -0.2) is 19.3 Å². The van der Waals surface area contributed by atoms with E-state index in [-0.39, 0.29) is 21.1 Å². The predicted octanol–water partition coefficient (Wildman–Crippen LogP) is 8.60. The fourth-order valence-electron chi connectivity index (χ4n) is 5.55. The number of hydrogen-bond acceptors (Lipinski definition) is 3. The maximum atomic E-state index is 8.22. The predicted molar refractivity (Wildman–Crippen MR) is 164 cm³/mol. The number of aromatic nitrogens is 4. The van der Waals surface area contributed by atoms with Crippen molar-refractivity contribution in [2.75, 3.05) is 0 Å². The van der Waals surface area contributed by atoms with Crippen molar-refractivity contribution < 1.29 is 27.2 Å². The second-order valence-electron chi connectivity index (χ2n) is 10.1. The van der Waals surface area contributed by atoms with E-state index in [0.29, 0.717) is 17.5 Å². The van der Waals surface area contributed by atoms with Gasteiger partial charge in [0.1, 0.15) is 5.82 Å². The zero-order valence-electron chi connectivity index (χ0n) is 24.5. The molecule has 0 unspecified atom stereocenters. The van der Waals surface area contributed by atoms with E-state index in [1.165, 1.54) is 5.56 Å². The van der Waals surface area contributed by atoms with Gasteiger partial charge in [0.15, 0.2) is 0 Å². The van der Waals surface area contributed by atoms with Gasteiger partial charge in [0.05, 0.1) is 7.06 Å². The van der Waals surface area contributed by atoms with Crippen LogP contribution in [0.3, 0.4) is 0 Å². The van der Waals surface area contributed by atoms with E-state index >= 15 is 0 Å². The van der Waals surface area contributed by atoms with Crippen molar-refractivity contribution in [1.29, 1.82) is 0 Å². The summed E-state index contributed by atoms with van der Waals surface area (Å²) in [4.78, 5) is 4.69.